The molecule has 0 aromatic heterocycles. The van der Waals surface area contributed by atoms with Gasteiger partial charge >= 0.3 is 0 Å². The molecule has 0 bridgehead atoms. The number of hydrogen-bond donors (Lipinski definition) is 0. The van der Waals surface area contributed by atoms with Crippen molar-refractivity contribution in [2.75, 3.05) is 14.2 Å². The maximum Gasteiger partial charge on any atom is 0.243 e. The molecule has 0 spiro atoms. The first-order valence-electron chi connectivity index (χ1n) is 6.57. The zero-order chi connectivity index (χ0) is 16.2. The predicted molar refractivity (Wildman–Crippen MR) is 82.8 cm³/mol. The molecule has 0 N–H and O–H groups in total. The summed E-state index contributed by atoms with van der Waals surface area (Å²) in [7, 11) is -0.512. The Morgan fingerprint density at radius 2 is 1.86 bits per heavy atom. The lowest BCUT2D eigenvalue weighted by Gasteiger charge is -2.17. The van der Waals surface area contributed by atoms with E-state index in [0.717, 1.165) is 5.56 Å². The Morgan fingerprint density at radius 3 is 2.45 bits per heavy atom. The minimum absolute atomic E-state index is 0.164. The van der Waals surface area contributed by atoms with Crippen molar-refractivity contribution in [2.45, 2.75) is 11.4 Å². The molecule has 0 aliphatic heterocycles. The van der Waals surface area contributed by atoms with E-state index in [1.54, 1.807) is 19.2 Å². The van der Waals surface area contributed by atoms with Gasteiger partial charge in [-0.2, -0.15) is 9.57 Å². The van der Waals surface area contributed by atoms with E-state index < -0.39 is 10.0 Å². The molecule has 0 saturated carbocycles. The topological polar surface area (TPSA) is 70.4 Å². The van der Waals surface area contributed by atoms with Crippen molar-refractivity contribution in [2.24, 2.45) is 0 Å². The van der Waals surface area contributed by atoms with Crippen LogP contribution < -0.4 is 4.74 Å². The lowest BCUT2D eigenvalue weighted by Crippen LogP contribution is -2.26. The van der Waals surface area contributed by atoms with E-state index in [-0.39, 0.29) is 11.4 Å². The molecule has 0 amide bonds. The third-order valence-corrected chi connectivity index (χ3v) is 5.05. The molecular formula is C16H16N2O3S. The lowest BCUT2D eigenvalue weighted by atomic mass is 10.2. The second-order valence-electron chi connectivity index (χ2n) is 4.75. The molecule has 2 rings (SSSR count). The first kappa shape index (κ1) is 16.0. The first-order chi connectivity index (χ1) is 10.5. The van der Waals surface area contributed by atoms with Gasteiger partial charge in [-0.1, -0.05) is 12.1 Å². The quantitative estimate of drug-likeness (QED) is 0.849. The van der Waals surface area contributed by atoms with Gasteiger partial charge in [-0.25, -0.2) is 8.42 Å². The summed E-state index contributed by atoms with van der Waals surface area (Å²) in [4.78, 5) is 0.164. The molecule has 2 aromatic carbocycles. The Labute approximate surface area is 130 Å². The minimum Gasteiger partial charge on any atom is -0.497 e. The van der Waals surface area contributed by atoms with Crippen molar-refractivity contribution in [3.8, 4) is 11.8 Å². The van der Waals surface area contributed by atoms with Crippen LogP contribution in [0, 0.1) is 11.3 Å². The van der Waals surface area contributed by atoms with Crippen LogP contribution in [0.1, 0.15) is 11.1 Å². The standard InChI is InChI=1S/C16H16N2O3S/c1-18(12-14-4-3-5-15(10-14)21-2)22(19,20)16-8-6-13(11-17)7-9-16/h3-10H,12H2,1-2H3. The fourth-order valence-electron chi connectivity index (χ4n) is 1.99. The van der Waals surface area contributed by atoms with E-state index in [1.165, 1.54) is 35.6 Å². The summed E-state index contributed by atoms with van der Waals surface area (Å²) >= 11 is 0. The van der Waals surface area contributed by atoms with Gasteiger partial charge in [0.1, 0.15) is 5.75 Å². The van der Waals surface area contributed by atoms with Gasteiger partial charge in [0.05, 0.1) is 23.6 Å². The molecule has 114 valence electrons. The van der Waals surface area contributed by atoms with Crippen LogP contribution in [0.2, 0.25) is 0 Å². The van der Waals surface area contributed by atoms with E-state index in [0.29, 0.717) is 11.3 Å². The van der Waals surface area contributed by atoms with E-state index in [1.807, 2.05) is 18.2 Å². The first-order valence-corrected chi connectivity index (χ1v) is 8.01. The molecule has 0 radical (unpaired) electrons. The Morgan fingerprint density at radius 1 is 1.18 bits per heavy atom. The summed E-state index contributed by atoms with van der Waals surface area (Å²) in [6, 6.07) is 15.1. The Bertz CT molecular complexity index is 793. The smallest absolute Gasteiger partial charge is 0.243 e. The van der Waals surface area contributed by atoms with Crippen molar-refractivity contribution >= 4 is 10.0 Å². The molecular weight excluding hydrogens is 300 g/mol. The minimum atomic E-state index is -3.60. The summed E-state index contributed by atoms with van der Waals surface area (Å²) in [5, 5.41) is 8.76. The molecule has 0 aliphatic rings. The van der Waals surface area contributed by atoms with Gasteiger partial charge in [0, 0.05) is 13.6 Å². The Kier molecular flexibility index (Phi) is 4.81. The number of methoxy groups -OCH3 is 1. The van der Waals surface area contributed by atoms with Gasteiger partial charge in [-0.3, -0.25) is 0 Å². The highest BCUT2D eigenvalue weighted by molar-refractivity contribution is 7.89. The SMILES string of the molecule is COc1cccc(CN(C)S(=O)(=O)c2ccc(C#N)cc2)c1. The highest BCUT2D eigenvalue weighted by Crippen LogP contribution is 2.19. The molecule has 2 aromatic rings. The van der Waals surface area contributed by atoms with Gasteiger partial charge < -0.3 is 4.74 Å². The molecule has 22 heavy (non-hydrogen) atoms. The molecule has 5 nitrogen and oxygen atoms in total. The number of nitrogens with zero attached hydrogens (tertiary/aromatic N) is 2. The van der Waals surface area contributed by atoms with Crippen LogP contribution in [-0.4, -0.2) is 26.9 Å². The third-order valence-electron chi connectivity index (χ3n) is 3.23. The van der Waals surface area contributed by atoms with Crippen molar-refractivity contribution in [3.05, 3.63) is 59.7 Å². The van der Waals surface area contributed by atoms with Crippen molar-refractivity contribution in [1.82, 2.24) is 4.31 Å². The van der Waals surface area contributed by atoms with Gasteiger partial charge in [0.2, 0.25) is 10.0 Å². The highest BCUT2D eigenvalue weighted by atomic mass is 32.2. The molecule has 0 unspecified atom stereocenters. The van der Waals surface area contributed by atoms with Gasteiger partial charge in [0.15, 0.2) is 0 Å². The normalized spacial score (nSPS) is 11.2. The largest absolute Gasteiger partial charge is 0.497 e. The summed E-state index contributed by atoms with van der Waals surface area (Å²) < 4.78 is 31.4. The van der Waals surface area contributed by atoms with Crippen LogP contribution in [0.5, 0.6) is 5.75 Å². The van der Waals surface area contributed by atoms with E-state index >= 15 is 0 Å². The second kappa shape index (κ2) is 6.60. The van der Waals surface area contributed by atoms with Gasteiger partial charge in [-0.05, 0) is 42.0 Å². The number of rotatable bonds is 5. The van der Waals surface area contributed by atoms with Crippen LogP contribution in [0.15, 0.2) is 53.4 Å². The summed E-state index contributed by atoms with van der Waals surface area (Å²) in [5.74, 6) is 0.682. The summed E-state index contributed by atoms with van der Waals surface area (Å²) in [6.45, 7) is 0.236. The Balaban J connectivity index is 2.22. The van der Waals surface area contributed by atoms with Crippen LogP contribution in [0.4, 0.5) is 0 Å². The van der Waals surface area contributed by atoms with Gasteiger partial charge in [0.25, 0.3) is 0 Å². The van der Waals surface area contributed by atoms with Crippen LogP contribution in [-0.2, 0) is 16.6 Å². The zero-order valence-corrected chi connectivity index (χ0v) is 13.2. The highest BCUT2D eigenvalue weighted by Gasteiger charge is 2.20. The second-order valence-corrected chi connectivity index (χ2v) is 6.79. The Hall–Kier alpha value is -2.36. The average molecular weight is 316 g/mol. The monoisotopic (exact) mass is 316 g/mol. The zero-order valence-electron chi connectivity index (χ0n) is 12.4. The van der Waals surface area contributed by atoms with Crippen molar-refractivity contribution in [3.63, 3.8) is 0 Å². The predicted octanol–water partition coefficient (Wildman–Crippen LogP) is 2.39. The number of benzene rings is 2. The van der Waals surface area contributed by atoms with E-state index in [2.05, 4.69) is 0 Å². The van der Waals surface area contributed by atoms with Crippen LogP contribution >= 0.6 is 0 Å². The fourth-order valence-corrected chi connectivity index (χ4v) is 3.15. The number of hydrogen-bond acceptors (Lipinski definition) is 4. The third kappa shape index (κ3) is 3.45. The molecule has 0 heterocycles. The number of sulfonamides is 1. The summed E-state index contributed by atoms with van der Waals surface area (Å²) in [5.41, 5.74) is 1.26. The fraction of sp³-hybridized carbons (Fsp3) is 0.188. The van der Waals surface area contributed by atoms with Crippen LogP contribution in [0.25, 0.3) is 0 Å². The number of nitriles is 1. The maximum absolute atomic E-state index is 12.5. The average Bonchev–Trinajstić information content (AvgIpc) is 2.55. The molecule has 0 atom stereocenters. The molecule has 0 saturated heterocycles. The van der Waals surface area contributed by atoms with E-state index in [4.69, 9.17) is 10.00 Å². The lowest BCUT2D eigenvalue weighted by molar-refractivity contribution is 0.412. The van der Waals surface area contributed by atoms with Crippen molar-refractivity contribution < 1.29 is 13.2 Å². The molecule has 0 fully saturated rings. The van der Waals surface area contributed by atoms with Crippen LogP contribution in [0.3, 0.4) is 0 Å². The molecule has 0 aliphatic carbocycles. The van der Waals surface area contributed by atoms with E-state index in [9.17, 15) is 8.42 Å². The summed E-state index contributed by atoms with van der Waals surface area (Å²) in [6.07, 6.45) is 0. The molecule has 6 heteroatoms. The van der Waals surface area contributed by atoms with Crippen molar-refractivity contribution in [1.29, 1.82) is 5.26 Å². The maximum atomic E-state index is 12.5. The van der Waals surface area contributed by atoms with Gasteiger partial charge in [-0.15, -0.1) is 0 Å². The number of ether oxygens (including phenoxy) is 1.